The van der Waals surface area contributed by atoms with Crippen molar-refractivity contribution in [2.75, 3.05) is 4.90 Å². The Bertz CT molecular complexity index is 3490. The van der Waals surface area contributed by atoms with Crippen LogP contribution >= 0.6 is 0 Å². The molecule has 280 valence electrons. The molecule has 0 N–H and O–H groups in total. The molecule has 0 bridgehead atoms. The van der Waals surface area contributed by atoms with Gasteiger partial charge in [-0.15, -0.1) is 0 Å². The van der Waals surface area contributed by atoms with Crippen molar-refractivity contribution in [2.24, 2.45) is 0 Å². The first kappa shape index (κ1) is 33.1. The molecule has 0 amide bonds. The molecule has 11 aromatic rings. The van der Waals surface area contributed by atoms with Gasteiger partial charge in [0.1, 0.15) is 22.7 Å². The van der Waals surface area contributed by atoms with Gasteiger partial charge < -0.3 is 14.1 Å². The highest BCUT2D eigenvalue weighted by Gasteiger charge is 2.51. The molecule has 1 aliphatic heterocycles. The van der Waals surface area contributed by atoms with Crippen LogP contribution in [0.1, 0.15) is 22.3 Å². The summed E-state index contributed by atoms with van der Waals surface area (Å²) in [4.78, 5) is 2.36. The van der Waals surface area contributed by atoms with Crippen LogP contribution < -0.4 is 9.64 Å². The second-order valence-corrected chi connectivity index (χ2v) is 16.0. The minimum absolute atomic E-state index is 0.514. The predicted octanol–water partition coefficient (Wildman–Crippen LogP) is 15.5. The zero-order valence-corrected chi connectivity index (χ0v) is 32.5. The van der Waals surface area contributed by atoms with Crippen molar-refractivity contribution >= 4 is 60.5 Å². The van der Waals surface area contributed by atoms with Crippen molar-refractivity contribution in [1.82, 2.24) is 0 Å². The van der Waals surface area contributed by atoms with E-state index in [4.69, 9.17) is 9.15 Å². The number of rotatable bonds is 4. The van der Waals surface area contributed by atoms with Gasteiger partial charge in [0, 0.05) is 50.1 Å². The fraction of sp³-hybridized carbons (Fsp3) is 0.0175. The van der Waals surface area contributed by atoms with Crippen molar-refractivity contribution in [3.63, 3.8) is 0 Å². The molecule has 0 unspecified atom stereocenters. The van der Waals surface area contributed by atoms with Crippen molar-refractivity contribution in [1.29, 1.82) is 0 Å². The van der Waals surface area contributed by atoms with Crippen LogP contribution in [0.25, 0.3) is 65.7 Å². The van der Waals surface area contributed by atoms with Crippen molar-refractivity contribution in [3.05, 3.63) is 235 Å². The molecule has 0 saturated heterocycles. The van der Waals surface area contributed by atoms with E-state index in [1.54, 1.807) is 0 Å². The first-order chi connectivity index (χ1) is 29.7. The second-order valence-electron chi connectivity index (χ2n) is 16.0. The molecular formula is C57H35NO2. The van der Waals surface area contributed by atoms with Gasteiger partial charge >= 0.3 is 0 Å². The van der Waals surface area contributed by atoms with E-state index in [9.17, 15) is 0 Å². The van der Waals surface area contributed by atoms with Crippen LogP contribution in [0.3, 0.4) is 0 Å². The quantitative estimate of drug-likeness (QED) is 0.178. The van der Waals surface area contributed by atoms with Crippen molar-refractivity contribution in [3.8, 4) is 33.8 Å². The van der Waals surface area contributed by atoms with Crippen LogP contribution in [0.15, 0.2) is 217 Å². The summed E-state index contributed by atoms with van der Waals surface area (Å²) in [5.74, 6) is 1.80. The van der Waals surface area contributed by atoms with Gasteiger partial charge in [-0.25, -0.2) is 0 Å². The van der Waals surface area contributed by atoms with Crippen LogP contribution in [0, 0.1) is 0 Å². The summed E-state index contributed by atoms with van der Waals surface area (Å²) in [6.45, 7) is 0. The van der Waals surface area contributed by atoms with E-state index < -0.39 is 5.41 Å². The van der Waals surface area contributed by atoms with Gasteiger partial charge in [0.25, 0.3) is 0 Å². The molecule has 3 nitrogen and oxygen atoms in total. The standard InChI is InChI=1S/C57H35NO2/c1-3-15-42-37(12-1)14-11-21-52(42)58(41-30-33-46-47-32-26-38-13-2-4-16-43(38)56(47)60-55(46)35-41)40-28-24-36(25-29-40)39-27-31-45-44-17-5-6-18-48(44)57(51(45)34-39)49-19-7-9-22-53(49)59-54-23-10-8-20-50(54)57/h1-35H. The lowest BCUT2D eigenvalue weighted by atomic mass is 9.66. The molecular weight excluding hydrogens is 731 g/mol. The van der Waals surface area contributed by atoms with Crippen LogP contribution in [-0.4, -0.2) is 0 Å². The molecule has 2 heterocycles. The molecule has 0 fully saturated rings. The number of anilines is 3. The Morgan fingerprint density at radius 2 is 0.967 bits per heavy atom. The van der Waals surface area contributed by atoms with E-state index in [1.807, 2.05) is 0 Å². The van der Waals surface area contributed by atoms with Crippen LogP contribution in [0.4, 0.5) is 17.1 Å². The largest absolute Gasteiger partial charge is 0.457 e. The summed E-state index contributed by atoms with van der Waals surface area (Å²) in [7, 11) is 0. The number of fused-ring (bicyclic) bond motifs is 15. The Morgan fingerprint density at radius 1 is 0.367 bits per heavy atom. The highest BCUT2D eigenvalue weighted by Crippen LogP contribution is 2.62. The maximum absolute atomic E-state index is 6.71. The van der Waals surface area contributed by atoms with Gasteiger partial charge in [-0.1, -0.05) is 152 Å². The molecule has 1 aromatic heterocycles. The fourth-order valence-corrected chi connectivity index (χ4v) is 10.3. The first-order valence-corrected chi connectivity index (χ1v) is 20.6. The molecule has 1 aliphatic carbocycles. The predicted molar refractivity (Wildman–Crippen MR) is 246 cm³/mol. The lowest BCUT2D eigenvalue weighted by Crippen LogP contribution is -2.32. The third-order valence-electron chi connectivity index (χ3n) is 12.9. The van der Waals surface area contributed by atoms with Crippen LogP contribution in [0.5, 0.6) is 11.5 Å². The third kappa shape index (κ3) is 4.60. The van der Waals surface area contributed by atoms with Gasteiger partial charge in [0.15, 0.2) is 0 Å². The Hall–Kier alpha value is -7.88. The lowest BCUT2D eigenvalue weighted by Gasteiger charge is -2.39. The smallest absolute Gasteiger partial charge is 0.143 e. The maximum Gasteiger partial charge on any atom is 0.143 e. The van der Waals surface area contributed by atoms with E-state index in [1.165, 1.54) is 55.1 Å². The average Bonchev–Trinajstić information content (AvgIpc) is 3.83. The molecule has 13 rings (SSSR count). The van der Waals surface area contributed by atoms with E-state index in [-0.39, 0.29) is 0 Å². The summed E-state index contributed by atoms with van der Waals surface area (Å²) in [6.07, 6.45) is 0. The summed E-state index contributed by atoms with van der Waals surface area (Å²) in [5.41, 5.74) is 14.2. The molecule has 0 saturated carbocycles. The number of hydrogen-bond donors (Lipinski definition) is 0. The average molecular weight is 766 g/mol. The maximum atomic E-state index is 6.71. The van der Waals surface area contributed by atoms with E-state index in [0.717, 1.165) is 61.4 Å². The number of hydrogen-bond acceptors (Lipinski definition) is 3. The summed E-state index contributed by atoms with van der Waals surface area (Å²) < 4.78 is 13.3. The van der Waals surface area contributed by atoms with Crippen molar-refractivity contribution < 1.29 is 9.15 Å². The third-order valence-corrected chi connectivity index (χ3v) is 12.9. The summed E-state index contributed by atoms with van der Waals surface area (Å²) >= 11 is 0. The first-order valence-electron chi connectivity index (χ1n) is 20.6. The second kappa shape index (κ2) is 12.6. The van der Waals surface area contributed by atoms with Gasteiger partial charge in [-0.3, -0.25) is 0 Å². The normalized spacial score (nSPS) is 13.3. The van der Waals surface area contributed by atoms with Crippen LogP contribution in [0.2, 0.25) is 0 Å². The van der Waals surface area contributed by atoms with E-state index in [0.29, 0.717) is 0 Å². The lowest BCUT2D eigenvalue weighted by molar-refractivity contribution is 0.436. The molecule has 0 radical (unpaired) electrons. The number of furan rings is 1. The van der Waals surface area contributed by atoms with Gasteiger partial charge in [0.05, 0.1) is 11.1 Å². The zero-order valence-electron chi connectivity index (χ0n) is 32.5. The highest BCUT2D eigenvalue weighted by molar-refractivity contribution is 6.15. The SMILES string of the molecule is c1ccc2c(c1)Oc1ccccc1C21c2ccccc2-c2ccc(-c3ccc(N(c4ccc5c(c4)oc4c6ccccc6ccc54)c4cccc5ccccc45)cc3)cc21. The molecule has 0 atom stereocenters. The van der Waals surface area contributed by atoms with Gasteiger partial charge in [-0.2, -0.15) is 0 Å². The minimum atomic E-state index is -0.514. The molecule has 60 heavy (non-hydrogen) atoms. The van der Waals surface area contributed by atoms with Gasteiger partial charge in [-0.05, 0) is 98.8 Å². The minimum Gasteiger partial charge on any atom is -0.457 e. The zero-order chi connectivity index (χ0) is 39.4. The Morgan fingerprint density at radius 3 is 1.77 bits per heavy atom. The Balaban J connectivity index is 0.971. The highest BCUT2D eigenvalue weighted by atomic mass is 16.5. The van der Waals surface area contributed by atoms with E-state index in [2.05, 4.69) is 217 Å². The molecule has 10 aromatic carbocycles. The number of para-hydroxylation sites is 2. The summed E-state index contributed by atoms with van der Waals surface area (Å²) in [6, 6.07) is 76.7. The number of ether oxygens (including phenoxy) is 1. The number of nitrogens with zero attached hydrogens (tertiary/aromatic N) is 1. The van der Waals surface area contributed by atoms with Crippen molar-refractivity contribution in [2.45, 2.75) is 5.41 Å². The number of benzene rings is 10. The van der Waals surface area contributed by atoms with E-state index >= 15 is 0 Å². The van der Waals surface area contributed by atoms with Crippen LogP contribution in [-0.2, 0) is 5.41 Å². The molecule has 2 aliphatic rings. The molecule has 1 spiro atoms. The fourth-order valence-electron chi connectivity index (χ4n) is 10.3. The Kier molecular flexibility index (Phi) is 6.93. The topological polar surface area (TPSA) is 25.6 Å². The monoisotopic (exact) mass is 765 g/mol. The summed E-state index contributed by atoms with van der Waals surface area (Å²) in [5, 5.41) is 6.91. The Labute approximate surface area is 347 Å². The molecule has 3 heteroatoms. The van der Waals surface area contributed by atoms with Gasteiger partial charge in [0.2, 0.25) is 0 Å².